The maximum absolute atomic E-state index is 13.3. The van der Waals surface area contributed by atoms with Crippen molar-refractivity contribution in [3.8, 4) is 0 Å². The molecule has 2 amide bonds. The van der Waals surface area contributed by atoms with Crippen molar-refractivity contribution in [2.24, 2.45) is 41.4 Å². The van der Waals surface area contributed by atoms with Crippen LogP contribution in [0.2, 0.25) is 0 Å². The highest BCUT2D eigenvalue weighted by molar-refractivity contribution is 6.06. The third kappa shape index (κ3) is 3.51. The number of hydrogen-bond donors (Lipinski definition) is 0. The van der Waals surface area contributed by atoms with E-state index in [1.165, 1.54) is 23.1 Å². The van der Waals surface area contributed by atoms with Crippen molar-refractivity contribution in [1.82, 2.24) is 4.90 Å². The molecule has 1 heterocycles. The monoisotopic (exact) mass is 478 g/mol. The van der Waals surface area contributed by atoms with Crippen molar-refractivity contribution in [1.29, 1.82) is 0 Å². The number of esters is 1. The van der Waals surface area contributed by atoms with E-state index >= 15 is 0 Å². The van der Waals surface area contributed by atoms with Crippen LogP contribution in [0.4, 0.5) is 5.69 Å². The van der Waals surface area contributed by atoms with E-state index in [2.05, 4.69) is 12.2 Å². The zero-order chi connectivity index (χ0) is 24.4. The Labute approximate surface area is 201 Å². The van der Waals surface area contributed by atoms with Crippen LogP contribution in [0.1, 0.15) is 42.5 Å². The van der Waals surface area contributed by atoms with Gasteiger partial charge in [-0.2, -0.15) is 0 Å². The minimum atomic E-state index is -0.587. The number of ketones is 1. The van der Waals surface area contributed by atoms with E-state index in [1.54, 1.807) is 0 Å². The highest BCUT2D eigenvalue weighted by Gasteiger charge is 2.67. The maximum atomic E-state index is 13.3. The number of non-ortho nitro benzene ring substituents is 1. The number of ether oxygens (including phenoxy) is 1. The predicted octanol–water partition coefficient (Wildman–Crippen LogP) is 2.93. The zero-order valence-electron chi connectivity index (χ0n) is 19.1. The molecule has 1 aliphatic heterocycles. The molecule has 182 valence electrons. The molecule has 7 rings (SSSR count). The van der Waals surface area contributed by atoms with E-state index in [0.717, 1.165) is 12.5 Å². The summed E-state index contributed by atoms with van der Waals surface area (Å²) in [7, 11) is 0. The number of benzene rings is 1. The molecule has 3 saturated carbocycles. The molecule has 0 N–H and O–H groups in total. The van der Waals surface area contributed by atoms with Crippen molar-refractivity contribution in [2.75, 3.05) is 6.61 Å². The lowest BCUT2D eigenvalue weighted by molar-refractivity contribution is -0.384. The fraction of sp³-hybridized carbons (Fsp3) is 0.538. The number of allylic oxidation sites excluding steroid dienone is 2. The molecule has 1 saturated heterocycles. The number of amides is 2. The van der Waals surface area contributed by atoms with Crippen LogP contribution in [0.5, 0.6) is 0 Å². The molecule has 0 spiro atoms. The molecule has 9 nitrogen and oxygen atoms in total. The Bertz CT molecular complexity index is 1130. The second kappa shape index (κ2) is 8.10. The minimum Gasteiger partial charge on any atom is -0.457 e. The minimum absolute atomic E-state index is 0.0294. The van der Waals surface area contributed by atoms with E-state index < -0.39 is 29.2 Å². The topological polar surface area (TPSA) is 124 Å². The summed E-state index contributed by atoms with van der Waals surface area (Å²) < 4.78 is 5.22. The van der Waals surface area contributed by atoms with Crippen molar-refractivity contribution >= 4 is 29.3 Å². The number of Topliss-reactive ketones (excluding diaryl/α,β-unsaturated/α-hetero) is 1. The Morgan fingerprint density at radius 1 is 1.00 bits per heavy atom. The van der Waals surface area contributed by atoms with Gasteiger partial charge >= 0.3 is 5.97 Å². The summed E-state index contributed by atoms with van der Waals surface area (Å²) in [6.07, 6.45) is 7.52. The van der Waals surface area contributed by atoms with Crippen molar-refractivity contribution in [3.63, 3.8) is 0 Å². The fourth-order valence-corrected chi connectivity index (χ4v) is 7.04. The first-order valence-electron chi connectivity index (χ1n) is 12.3. The summed E-state index contributed by atoms with van der Waals surface area (Å²) in [5.74, 6) is -0.326. The molecule has 9 heteroatoms. The third-order valence-corrected chi connectivity index (χ3v) is 8.82. The number of carbonyl (C=O) groups is 4. The van der Waals surface area contributed by atoms with Crippen molar-refractivity contribution in [3.05, 3.63) is 52.1 Å². The quantitative estimate of drug-likeness (QED) is 0.154. The first kappa shape index (κ1) is 22.1. The molecular formula is C26H26N2O7. The number of likely N-dealkylation sites (tertiary alicyclic amines) is 1. The van der Waals surface area contributed by atoms with Gasteiger partial charge < -0.3 is 4.74 Å². The molecule has 5 aliphatic carbocycles. The fourth-order valence-electron chi connectivity index (χ4n) is 7.04. The van der Waals surface area contributed by atoms with Crippen LogP contribution in [0.15, 0.2) is 36.4 Å². The van der Waals surface area contributed by atoms with E-state index in [4.69, 9.17) is 4.74 Å². The van der Waals surface area contributed by atoms with Gasteiger partial charge in [0.25, 0.3) is 5.69 Å². The van der Waals surface area contributed by atoms with Crippen LogP contribution in [0, 0.1) is 51.5 Å². The Morgan fingerprint density at radius 3 is 2.23 bits per heavy atom. The van der Waals surface area contributed by atoms with E-state index in [0.29, 0.717) is 37.5 Å². The lowest BCUT2D eigenvalue weighted by atomic mass is 9.63. The lowest BCUT2D eigenvalue weighted by Gasteiger charge is -2.37. The average Bonchev–Trinajstić information content (AvgIpc) is 3.65. The molecule has 6 atom stereocenters. The molecule has 4 fully saturated rings. The summed E-state index contributed by atoms with van der Waals surface area (Å²) in [5.41, 5.74) is -0.0866. The van der Waals surface area contributed by atoms with Gasteiger partial charge in [-0.05, 0) is 55.8 Å². The van der Waals surface area contributed by atoms with E-state index in [9.17, 15) is 29.3 Å². The number of nitro groups is 1. The van der Waals surface area contributed by atoms with Crippen molar-refractivity contribution < 1.29 is 28.8 Å². The molecule has 0 radical (unpaired) electrons. The smallest absolute Gasteiger partial charge is 0.309 e. The van der Waals surface area contributed by atoms with Crippen LogP contribution < -0.4 is 0 Å². The summed E-state index contributed by atoms with van der Waals surface area (Å²) in [4.78, 5) is 63.3. The third-order valence-electron chi connectivity index (χ3n) is 8.82. The highest BCUT2D eigenvalue weighted by atomic mass is 16.6. The number of nitrogens with zero attached hydrogens (tertiary/aromatic N) is 2. The van der Waals surface area contributed by atoms with Gasteiger partial charge in [-0.15, -0.1) is 0 Å². The molecule has 6 unspecified atom stereocenters. The molecule has 1 aromatic carbocycles. The van der Waals surface area contributed by atoms with Gasteiger partial charge in [0.2, 0.25) is 17.6 Å². The van der Waals surface area contributed by atoms with E-state index in [1.807, 2.05) is 0 Å². The van der Waals surface area contributed by atoms with Crippen LogP contribution >= 0.6 is 0 Å². The molecule has 1 aromatic rings. The van der Waals surface area contributed by atoms with Crippen LogP contribution in [0.3, 0.4) is 0 Å². The molecule has 35 heavy (non-hydrogen) atoms. The number of rotatable bonds is 6. The molecular weight excluding hydrogens is 452 g/mol. The van der Waals surface area contributed by atoms with Gasteiger partial charge in [0.05, 0.1) is 22.7 Å². The molecule has 6 aliphatic rings. The van der Waals surface area contributed by atoms with Crippen molar-refractivity contribution in [2.45, 2.75) is 38.1 Å². The average molecular weight is 479 g/mol. The van der Waals surface area contributed by atoms with Gasteiger partial charge in [0, 0.05) is 23.7 Å². The summed E-state index contributed by atoms with van der Waals surface area (Å²) in [6, 6.07) is 5.12. The first-order chi connectivity index (χ1) is 16.8. The van der Waals surface area contributed by atoms with Crippen LogP contribution in [-0.4, -0.2) is 46.0 Å². The second-order valence-corrected chi connectivity index (χ2v) is 10.5. The highest BCUT2D eigenvalue weighted by Crippen LogP contribution is 2.65. The van der Waals surface area contributed by atoms with Gasteiger partial charge in [-0.3, -0.25) is 34.2 Å². The van der Waals surface area contributed by atoms with E-state index in [-0.39, 0.29) is 52.8 Å². The second-order valence-electron chi connectivity index (χ2n) is 10.5. The maximum Gasteiger partial charge on any atom is 0.309 e. The number of carbonyl (C=O) groups excluding carboxylic acids is 4. The largest absolute Gasteiger partial charge is 0.457 e. The Balaban J connectivity index is 1.03. The van der Waals surface area contributed by atoms with Gasteiger partial charge in [0.1, 0.15) is 0 Å². The summed E-state index contributed by atoms with van der Waals surface area (Å²) in [5, 5.41) is 10.9. The first-order valence-corrected chi connectivity index (χ1v) is 12.3. The Morgan fingerprint density at radius 2 is 1.63 bits per heavy atom. The lowest BCUT2D eigenvalue weighted by Crippen LogP contribution is -2.44. The Kier molecular flexibility index (Phi) is 5.12. The van der Waals surface area contributed by atoms with Gasteiger partial charge in [-0.25, -0.2) is 0 Å². The number of imide groups is 1. The number of nitro benzene ring substituents is 1. The zero-order valence-corrected chi connectivity index (χ0v) is 19.1. The Hall–Kier alpha value is -3.36. The van der Waals surface area contributed by atoms with Crippen LogP contribution in [0.25, 0.3) is 0 Å². The normalized spacial score (nSPS) is 36.5. The van der Waals surface area contributed by atoms with Gasteiger partial charge in [0.15, 0.2) is 6.61 Å². The molecule has 0 aromatic heterocycles. The predicted molar refractivity (Wildman–Crippen MR) is 121 cm³/mol. The summed E-state index contributed by atoms with van der Waals surface area (Å²) >= 11 is 0. The molecule has 2 bridgehead atoms. The summed E-state index contributed by atoms with van der Waals surface area (Å²) in [6.45, 7) is -0.482. The van der Waals surface area contributed by atoms with Gasteiger partial charge in [-0.1, -0.05) is 24.3 Å². The van der Waals surface area contributed by atoms with Crippen LogP contribution in [-0.2, 0) is 19.1 Å². The standard InChI is InChI=1S/C26H26N2O7/c29-21(14-2-1-3-16(10-14)28(33)34)12-35-26(32)13-4-6-15(7-5-13)27-24(30)22-17-8-9-18(20-11-19(17)20)23(22)25(27)31/h1-3,8-10,13,15,17-20,22-23H,4-7,11-12H2. The SMILES string of the molecule is O=C(COC(=O)C1CCC(N2C(=O)C3C4C=CC(C5CC45)C3C2=O)CC1)c1cccc([N+](=O)[O-])c1. The number of hydrogen-bond acceptors (Lipinski definition) is 7.